The summed E-state index contributed by atoms with van der Waals surface area (Å²) in [4.78, 5) is 11.2. The third kappa shape index (κ3) is 1.54. The van der Waals surface area contributed by atoms with Crippen LogP contribution in [0.15, 0.2) is 0 Å². The van der Waals surface area contributed by atoms with Gasteiger partial charge in [0.25, 0.3) is 0 Å². The summed E-state index contributed by atoms with van der Waals surface area (Å²) in [5.74, 6) is -1.22. The Morgan fingerprint density at radius 3 is 2.19 bits per heavy atom. The molecule has 2 fully saturated rings. The lowest BCUT2D eigenvalue weighted by Crippen LogP contribution is -2.59. The van der Waals surface area contributed by atoms with Crippen LogP contribution in [0.25, 0.3) is 0 Å². The quantitative estimate of drug-likeness (QED) is 0.739. The SMILES string of the molecule is O=C(O)C1(S(=O)(=O)N2CCOCC2)CCC1. The summed E-state index contributed by atoms with van der Waals surface area (Å²) in [5, 5.41) is 9.11. The van der Waals surface area contributed by atoms with Gasteiger partial charge in [-0.15, -0.1) is 0 Å². The van der Waals surface area contributed by atoms with Gasteiger partial charge in [-0.25, -0.2) is 8.42 Å². The van der Waals surface area contributed by atoms with Crippen molar-refractivity contribution in [2.24, 2.45) is 0 Å². The molecule has 0 aromatic rings. The summed E-state index contributed by atoms with van der Waals surface area (Å²) in [5.41, 5.74) is 0. The first-order chi connectivity index (χ1) is 7.51. The predicted molar refractivity (Wildman–Crippen MR) is 55.5 cm³/mol. The summed E-state index contributed by atoms with van der Waals surface area (Å²) in [6.07, 6.45) is 1.11. The van der Waals surface area contributed by atoms with Gasteiger partial charge in [-0.2, -0.15) is 4.31 Å². The summed E-state index contributed by atoms with van der Waals surface area (Å²) in [7, 11) is -3.73. The normalized spacial score (nSPS) is 26.0. The Balaban J connectivity index is 2.26. The van der Waals surface area contributed by atoms with Gasteiger partial charge in [-0.3, -0.25) is 4.79 Å². The molecule has 2 rings (SSSR count). The minimum atomic E-state index is -3.73. The smallest absolute Gasteiger partial charge is 0.326 e. The van der Waals surface area contributed by atoms with Crippen LogP contribution < -0.4 is 0 Å². The highest BCUT2D eigenvalue weighted by Crippen LogP contribution is 2.41. The summed E-state index contributed by atoms with van der Waals surface area (Å²) in [6.45, 7) is 1.21. The standard InChI is InChI=1S/C9H15NO5S/c11-8(12)9(2-1-3-9)16(13,14)10-4-6-15-7-5-10/h1-7H2,(H,11,12). The summed E-state index contributed by atoms with van der Waals surface area (Å²) < 4.78 is 29.2. The van der Waals surface area contributed by atoms with Gasteiger partial charge in [0.05, 0.1) is 13.2 Å². The van der Waals surface area contributed by atoms with Crippen molar-refractivity contribution in [2.75, 3.05) is 26.3 Å². The first-order valence-corrected chi connectivity index (χ1v) is 6.75. The maximum Gasteiger partial charge on any atom is 0.326 e. The molecule has 0 unspecified atom stereocenters. The molecule has 16 heavy (non-hydrogen) atoms. The molecule has 0 spiro atoms. The lowest BCUT2D eigenvalue weighted by atomic mass is 9.84. The van der Waals surface area contributed by atoms with Crippen LogP contribution in [0.5, 0.6) is 0 Å². The Morgan fingerprint density at radius 1 is 1.25 bits per heavy atom. The van der Waals surface area contributed by atoms with Crippen LogP contribution in [0.1, 0.15) is 19.3 Å². The number of hydrogen-bond donors (Lipinski definition) is 1. The fraction of sp³-hybridized carbons (Fsp3) is 0.889. The van der Waals surface area contributed by atoms with Gasteiger partial charge >= 0.3 is 5.97 Å². The first-order valence-electron chi connectivity index (χ1n) is 5.31. The van der Waals surface area contributed by atoms with Gasteiger partial charge in [-0.1, -0.05) is 0 Å². The third-order valence-electron chi connectivity index (χ3n) is 3.35. The largest absolute Gasteiger partial charge is 0.480 e. The molecule has 0 aromatic heterocycles. The molecule has 92 valence electrons. The number of carboxylic acid groups (broad SMARTS) is 1. The second kappa shape index (κ2) is 3.97. The number of aliphatic carboxylic acids is 1. The molecule has 7 heteroatoms. The molecule has 0 atom stereocenters. The molecule has 1 aliphatic heterocycles. The van der Waals surface area contributed by atoms with E-state index in [2.05, 4.69) is 0 Å². The maximum absolute atomic E-state index is 12.2. The molecular formula is C9H15NO5S. The maximum atomic E-state index is 12.2. The van der Waals surface area contributed by atoms with Gasteiger partial charge in [-0.05, 0) is 19.3 Å². The minimum Gasteiger partial charge on any atom is -0.480 e. The molecule has 1 saturated heterocycles. The van der Waals surface area contributed by atoms with Crippen LogP contribution in [0.3, 0.4) is 0 Å². The van der Waals surface area contributed by atoms with Crippen molar-refractivity contribution in [3.63, 3.8) is 0 Å². The van der Waals surface area contributed by atoms with Gasteiger partial charge in [0, 0.05) is 13.1 Å². The van der Waals surface area contributed by atoms with E-state index in [-0.39, 0.29) is 25.9 Å². The fourth-order valence-electron chi connectivity index (χ4n) is 2.11. The van der Waals surface area contributed by atoms with E-state index >= 15 is 0 Å². The summed E-state index contributed by atoms with van der Waals surface area (Å²) >= 11 is 0. The van der Waals surface area contributed by atoms with Gasteiger partial charge in [0.1, 0.15) is 0 Å². The molecule has 1 saturated carbocycles. The van der Waals surface area contributed by atoms with Crippen molar-refractivity contribution in [2.45, 2.75) is 24.0 Å². The molecule has 0 aromatic carbocycles. The number of rotatable bonds is 3. The number of ether oxygens (including phenoxy) is 1. The molecular weight excluding hydrogens is 234 g/mol. The highest BCUT2D eigenvalue weighted by atomic mass is 32.2. The molecule has 6 nitrogen and oxygen atoms in total. The van der Waals surface area contributed by atoms with E-state index in [1.165, 1.54) is 4.31 Å². The number of nitrogens with zero attached hydrogens (tertiary/aromatic N) is 1. The Labute approximate surface area is 94.2 Å². The zero-order chi connectivity index (χ0) is 11.8. The summed E-state index contributed by atoms with van der Waals surface area (Å²) in [6, 6.07) is 0. The van der Waals surface area contributed by atoms with Crippen LogP contribution in [0, 0.1) is 0 Å². The lowest BCUT2D eigenvalue weighted by Gasteiger charge is -2.41. The van der Waals surface area contributed by atoms with Gasteiger partial charge in [0.2, 0.25) is 10.0 Å². The van der Waals surface area contributed by atoms with Crippen LogP contribution in [-0.2, 0) is 19.6 Å². The van der Waals surface area contributed by atoms with Gasteiger partial charge in [0.15, 0.2) is 4.75 Å². The zero-order valence-corrected chi connectivity index (χ0v) is 9.70. The van der Waals surface area contributed by atoms with Crippen LogP contribution in [0.2, 0.25) is 0 Å². The fourth-order valence-corrected chi connectivity index (χ4v) is 4.26. The molecule has 1 N–H and O–H groups in total. The van der Waals surface area contributed by atoms with E-state index in [4.69, 9.17) is 9.84 Å². The van der Waals surface area contributed by atoms with E-state index in [1.54, 1.807) is 0 Å². The molecule has 0 radical (unpaired) electrons. The van der Waals surface area contributed by atoms with Crippen molar-refractivity contribution in [3.05, 3.63) is 0 Å². The third-order valence-corrected chi connectivity index (χ3v) is 5.97. The second-order valence-electron chi connectivity index (χ2n) is 4.17. The molecule has 1 heterocycles. The van der Waals surface area contributed by atoms with Crippen LogP contribution >= 0.6 is 0 Å². The van der Waals surface area contributed by atoms with E-state index in [1.807, 2.05) is 0 Å². The Morgan fingerprint density at radius 2 is 1.81 bits per heavy atom. The molecule has 2 aliphatic rings. The Hall–Kier alpha value is -0.660. The highest BCUT2D eigenvalue weighted by Gasteiger charge is 2.57. The molecule has 0 amide bonds. The van der Waals surface area contributed by atoms with Crippen LogP contribution in [0.4, 0.5) is 0 Å². The van der Waals surface area contributed by atoms with E-state index in [0.717, 1.165) is 0 Å². The number of carbonyl (C=O) groups is 1. The van der Waals surface area contributed by atoms with Crippen LogP contribution in [-0.4, -0.2) is 54.8 Å². The minimum absolute atomic E-state index is 0.224. The lowest BCUT2D eigenvalue weighted by molar-refractivity contribution is -0.142. The number of carboxylic acids is 1. The van der Waals surface area contributed by atoms with E-state index < -0.39 is 20.7 Å². The van der Waals surface area contributed by atoms with E-state index in [9.17, 15) is 13.2 Å². The van der Waals surface area contributed by atoms with Crippen molar-refractivity contribution in [1.82, 2.24) is 4.31 Å². The number of morpholine rings is 1. The first kappa shape index (κ1) is 11.8. The average Bonchev–Trinajstić information content (AvgIpc) is 2.16. The molecule has 0 bridgehead atoms. The average molecular weight is 249 g/mol. The van der Waals surface area contributed by atoms with Crippen molar-refractivity contribution in [3.8, 4) is 0 Å². The van der Waals surface area contributed by atoms with Crippen molar-refractivity contribution >= 4 is 16.0 Å². The monoisotopic (exact) mass is 249 g/mol. The molecule has 1 aliphatic carbocycles. The zero-order valence-electron chi connectivity index (χ0n) is 8.89. The number of hydrogen-bond acceptors (Lipinski definition) is 4. The highest BCUT2D eigenvalue weighted by molar-refractivity contribution is 7.91. The number of sulfonamides is 1. The Kier molecular flexibility index (Phi) is 2.93. The van der Waals surface area contributed by atoms with Crippen molar-refractivity contribution < 1.29 is 23.1 Å². The van der Waals surface area contributed by atoms with Crippen molar-refractivity contribution in [1.29, 1.82) is 0 Å². The second-order valence-corrected chi connectivity index (χ2v) is 6.42. The predicted octanol–water partition coefficient (Wildman–Crippen LogP) is -0.344. The van der Waals surface area contributed by atoms with E-state index in [0.29, 0.717) is 19.6 Å². The topological polar surface area (TPSA) is 83.9 Å². The van der Waals surface area contributed by atoms with Gasteiger partial charge < -0.3 is 9.84 Å². The Bertz CT molecular complexity index is 381.